The van der Waals surface area contributed by atoms with Crippen LogP contribution in [0.5, 0.6) is 0 Å². The number of amides is 2. The van der Waals surface area contributed by atoms with Crippen molar-refractivity contribution in [3.63, 3.8) is 0 Å². The SMILES string of the molecule is CC[C@@](C)(CNC(=O)NCCn1ccnc1)N1CCOCC1. The van der Waals surface area contributed by atoms with Crippen LogP contribution in [0.1, 0.15) is 20.3 Å². The molecule has 1 aliphatic heterocycles. The number of aromatic nitrogens is 2. The van der Waals surface area contributed by atoms with Crippen LogP contribution in [-0.4, -0.2) is 65.4 Å². The third-order valence-corrected chi connectivity index (χ3v) is 4.38. The largest absolute Gasteiger partial charge is 0.379 e. The summed E-state index contributed by atoms with van der Waals surface area (Å²) in [5.41, 5.74) is -0.0224. The van der Waals surface area contributed by atoms with E-state index < -0.39 is 0 Å². The van der Waals surface area contributed by atoms with Crippen molar-refractivity contribution in [1.82, 2.24) is 25.1 Å². The molecule has 2 amide bonds. The predicted octanol–water partition coefficient (Wildman–Crippen LogP) is 0.683. The molecule has 1 aliphatic rings. The molecule has 0 saturated carbocycles. The standard InChI is InChI=1S/C15H27N5O2/c1-3-15(2,20-8-10-22-11-9-20)12-18-14(21)17-5-7-19-6-4-16-13-19/h4,6,13H,3,5,7-12H2,1-2H3,(H2,17,18,21)/t15-/m0/s1. The van der Waals surface area contributed by atoms with Gasteiger partial charge >= 0.3 is 6.03 Å². The van der Waals surface area contributed by atoms with E-state index in [-0.39, 0.29) is 11.6 Å². The Kier molecular flexibility index (Phi) is 6.21. The number of carbonyl (C=O) groups is 1. The number of ether oxygens (including phenoxy) is 1. The summed E-state index contributed by atoms with van der Waals surface area (Å²) in [5.74, 6) is 0. The molecular formula is C15H27N5O2. The number of morpholine rings is 1. The third-order valence-electron chi connectivity index (χ3n) is 4.38. The van der Waals surface area contributed by atoms with Crippen molar-refractivity contribution in [3.8, 4) is 0 Å². The molecule has 22 heavy (non-hydrogen) atoms. The van der Waals surface area contributed by atoms with Crippen molar-refractivity contribution in [3.05, 3.63) is 18.7 Å². The fraction of sp³-hybridized carbons (Fsp3) is 0.733. The number of nitrogens with one attached hydrogen (secondary N) is 2. The maximum Gasteiger partial charge on any atom is 0.314 e. The lowest BCUT2D eigenvalue weighted by Crippen LogP contribution is -2.57. The van der Waals surface area contributed by atoms with Crippen LogP contribution in [0.25, 0.3) is 0 Å². The van der Waals surface area contributed by atoms with E-state index in [4.69, 9.17) is 4.74 Å². The molecule has 0 spiro atoms. The van der Waals surface area contributed by atoms with E-state index in [0.29, 0.717) is 13.1 Å². The normalized spacial score (nSPS) is 18.6. The highest BCUT2D eigenvalue weighted by Crippen LogP contribution is 2.19. The molecule has 124 valence electrons. The Balaban J connectivity index is 1.70. The second kappa shape index (κ2) is 8.14. The van der Waals surface area contributed by atoms with E-state index in [1.807, 2.05) is 10.8 Å². The quantitative estimate of drug-likeness (QED) is 0.777. The smallest absolute Gasteiger partial charge is 0.314 e. The van der Waals surface area contributed by atoms with Crippen molar-refractivity contribution in [2.45, 2.75) is 32.4 Å². The minimum absolute atomic E-state index is 0.0224. The number of carbonyl (C=O) groups excluding carboxylic acids is 1. The molecule has 1 aromatic rings. The summed E-state index contributed by atoms with van der Waals surface area (Å²) in [6, 6.07) is -0.118. The molecule has 2 heterocycles. The summed E-state index contributed by atoms with van der Waals surface area (Å²) < 4.78 is 7.34. The predicted molar refractivity (Wildman–Crippen MR) is 84.7 cm³/mol. The molecule has 1 aromatic heterocycles. The molecule has 7 nitrogen and oxygen atoms in total. The van der Waals surface area contributed by atoms with E-state index >= 15 is 0 Å². The van der Waals surface area contributed by atoms with Gasteiger partial charge in [-0.2, -0.15) is 0 Å². The lowest BCUT2D eigenvalue weighted by molar-refractivity contribution is -0.0164. The van der Waals surface area contributed by atoms with E-state index in [1.54, 1.807) is 12.5 Å². The van der Waals surface area contributed by atoms with Crippen molar-refractivity contribution < 1.29 is 9.53 Å². The van der Waals surface area contributed by atoms with Crippen molar-refractivity contribution >= 4 is 6.03 Å². The summed E-state index contributed by atoms with van der Waals surface area (Å²) >= 11 is 0. The van der Waals surface area contributed by atoms with Gasteiger partial charge in [0, 0.05) is 50.7 Å². The van der Waals surface area contributed by atoms with Crippen LogP contribution in [0.2, 0.25) is 0 Å². The van der Waals surface area contributed by atoms with Gasteiger partial charge in [-0.25, -0.2) is 9.78 Å². The summed E-state index contributed by atoms with van der Waals surface area (Å²) in [5, 5.41) is 5.87. The van der Waals surface area contributed by atoms with Gasteiger partial charge in [-0.05, 0) is 13.3 Å². The Labute approximate surface area is 132 Å². The Morgan fingerprint density at radius 2 is 2.14 bits per heavy atom. The topological polar surface area (TPSA) is 71.4 Å². The second-order valence-electron chi connectivity index (χ2n) is 5.86. The summed E-state index contributed by atoms with van der Waals surface area (Å²) in [6.45, 7) is 9.70. The highest BCUT2D eigenvalue weighted by atomic mass is 16.5. The molecule has 1 saturated heterocycles. The Bertz CT molecular complexity index is 445. The van der Waals surface area contributed by atoms with E-state index in [2.05, 4.69) is 34.4 Å². The van der Waals surface area contributed by atoms with Crippen LogP contribution in [0.4, 0.5) is 4.79 Å². The first-order chi connectivity index (χ1) is 10.6. The van der Waals surface area contributed by atoms with Gasteiger partial charge in [0.1, 0.15) is 0 Å². The average Bonchev–Trinajstić information content (AvgIpc) is 3.07. The van der Waals surface area contributed by atoms with Gasteiger partial charge in [-0.1, -0.05) is 6.92 Å². The fourth-order valence-corrected chi connectivity index (χ4v) is 2.61. The Morgan fingerprint density at radius 1 is 1.36 bits per heavy atom. The summed E-state index contributed by atoms with van der Waals surface area (Å²) in [7, 11) is 0. The zero-order valence-electron chi connectivity index (χ0n) is 13.5. The molecule has 2 N–H and O–H groups in total. The molecule has 0 bridgehead atoms. The first kappa shape index (κ1) is 16.8. The summed E-state index contributed by atoms with van der Waals surface area (Å²) in [6.07, 6.45) is 6.34. The molecule has 7 heteroatoms. The number of imidazole rings is 1. The highest BCUT2D eigenvalue weighted by molar-refractivity contribution is 5.73. The Hall–Kier alpha value is -1.60. The van der Waals surface area contributed by atoms with Crippen molar-refractivity contribution in [2.75, 3.05) is 39.4 Å². The molecule has 0 aromatic carbocycles. The lowest BCUT2D eigenvalue weighted by atomic mass is 9.95. The number of nitrogens with zero attached hydrogens (tertiary/aromatic N) is 3. The first-order valence-corrected chi connectivity index (χ1v) is 7.94. The van der Waals surface area contributed by atoms with Crippen LogP contribution in [0, 0.1) is 0 Å². The van der Waals surface area contributed by atoms with Gasteiger partial charge < -0.3 is 19.9 Å². The zero-order chi connectivity index (χ0) is 15.8. The number of hydrogen-bond acceptors (Lipinski definition) is 4. The second-order valence-corrected chi connectivity index (χ2v) is 5.86. The van der Waals surface area contributed by atoms with E-state index in [9.17, 15) is 4.79 Å². The zero-order valence-corrected chi connectivity index (χ0v) is 13.5. The van der Waals surface area contributed by atoms with Gasteiger partial charge in [0.2, 0.25) is 0 Å². The van der Waals surface area contributed by atoms with Gasteiger partial charge in [-0.3, -0.25) is 4.90 Å². The molecule has 2 rings (SSSR count). The van der Waals surface area contributed by atoms with Gasteiger partial charge in [0.25, 0.3) is 0 Å². The third kappa shape index (κ3) is 4.71. The average molecular weight is 309 g/mol. The van der Waals surface area contributed by atoms with Crippen molar-refractivity contribution in [2.24, 2.45) is 0 Å². The first-order valence-electron chi connectivity index (χ1n) is 7.94. The minimum Gasteiger partial charge on any atom is -0.379 e. The molecular weight excluding hydrogens is 282 g/mol. The van der Waals surface area contributed by atoms with Crippen LogP contribution >= 0.6 is 0 Å². The van der Waals surface area contributed by atoms with E-state index in [1.165, 1.54) is 0 Å². The molecule has 0 unspecified atom stereocenters. The van der Waals surface area contributed by atoms with Gasteiger partial charge in [0.15, 0.2) is 0 Å². The number of rotatable bonds is 7. The molecule has 0 aliphatic carbocycles. The van der Waals surface area contributed by atoms with Crippen LogP contribution in [0.3, 0.4) is 0 Å². The molecule has 1 fully saturated rings. The van der Waals surface area contributed by atoms with Crippen LogP contribution in [-0.2, 0) is 11.3 Å². The molecule has 0 radical (unpaired) electrons. The fourth-order valence-electron chi connectivity index (χ4n) is 2.61. The van der Waals surface area contributed by atoms with Crippen LogP contribution < -0.4 is 10.6 Å². The highest BCUT2D eigenvalue weighted by Gasteiger charge is 2.31. The number of urea groups is 1. The molecule has 1 atom stereocenters. The van der Waals surface area contributed by atoms with Crippen molar-refractivity contribution in [1.29, 1.82) is 0 Å². The maximum atomic E-state index is 11.9. The number of hydrogen-bond donors (Lipinski definition) is 2. The lowest BCUT2D eigenvalue weighted by Gasteiger charge is -2.43. The van der Waals surface area contributed by atoms with Gasteiger partial charge in [0.05, 0.1) is 19.5 Å². The monoisotopic (exact) mass is 309 g/mol. The Morgan fingerprint density at radius 3 is 2.77 bits per heavy atom. The van der Waals surface area contributed by atoms with E-state index in [0.717, 1.165) is 39.3 Å². The van der Waals surface area contributed by atoms with Gasteiger partial charge in [-0.15, -0.1) is 0 Å². The van der Waals surface area contributed by atoms with Crippen LogP contribution in [0.15, 0.2) is 18.7 Å². The minimum atomic E-state index is -0.118. The summed E-state index contributed by atoms with van der Waals surface area (Å²) in [4.78, 5) is 18.3. The maximum absolute atomic E-state index is 11.9.